The molecule has 1 amide bonds. The van der Waals surface area contributed by atoms with Crippen LogP contribution in [0.25, 0.3) is 21.8 Å². The molecule has 4 aromatic rings. The van der Waals surface area contributed by atoms with Gasteiger partial charge in [-0.2, -0.15) is 13.2 Å². The third kappa shape index (κ3) is 2.91. The van der Waals surface area contributed by atoms with Gasteiger partial charge < -0.3 is 10.3 Å². The van der Waals surface area contributed by atoms with Gasteiger partial charge in [0.2, 0.25) is 5.91 Å². The van der Waals surface area contributed by atoms with Crippen LogP contribution in [0.15, 0.2) is 60.9 Å². The molecule has 4 nitrogen and oxygen atoms in total. The lowest BCUT2D eigenvalue weighted by Crippen LogP contribution is -2.11. The standard InChI is InChI=1S/C20H14F3N3O/c21-20(22,23)13-6-7-14-17(9-13)26(11-12-3-2-8-25-10-12)16-5-1-4-15(18(14)16)19(24)27/h1-10H,11H2,(H2,24,27). The molecule has 27 heavy (non-hydrogen) atoms. The number of pyridine rings is 1. The fourth-order valence-corrected chi connectivity index (χ4v) is 3.37. The van der Waals surface area contributed by atoms with Crippen molar-refractivity contribution in [3.05, 3.63) is 77.6 Å². The van der Waals surface area contributed by atoms with E-state index in [1.807, 2.05) is 6.07 Å². The van der Waals surface area contributed by atoms with Gasteiger partial charge in [0.15, 0.2) is 0 Å². The highest BCUT2D eigenvalue weighted by Crippen LogP contribution is 2.37. The Morgan fingerprint density at radius 1 is 1.07 bits per heavy atom. The van der Waals surface area contributed by atoms with E-state index in [1.54, 1.807) is 41.2 Å². The van der Waals surface area contributed by atoms with Crippen molar-refractivity contribution in [2.24, 2.45) is 5.73 Å². The number of nitrogens with zero attached hydrogens (tertiary/aromatic N) is 2. The number of carbonyl (C=O) groups excluding carboxylic acids is 1. The number of alkyl halides is 3. The van der Waals surface area contributed by atoms with E-state index in [0.717, 1.165) is 17.7 Å². The number of nitrogens with two attached hydrogens (primary N) is 1. The molecule has 2 aromatic carbocycles. The van der Waals surface area contributed by atoms with Crippen molar-refractivity contribution in [3.8, 4) is 0 Å². The summed E-state index contributed by atoms with van der Waals surface area (Å²) in [6.45, 7) is 0.317. The Morgan fingerprint density at radius 2 is 1.89 bits per heavy atom. The summed E-state index contributed by atoms with van der Waals surface area (Å²) in [5.41, 5.74) is 6.89. The van der Waals surface area contributed by atoms with Crippen molar-refractivity contribution in [2.75, 3.05) is 0 Å². The van der Waals surface area contributed by atoms with Crippen LogP contribution >= 0.6 is 0 Å². The second kappa shape index (κ2) is 6.12. The molecule has 0 bridgehead atoms. The van der Waals surface area contributed by atoms with E-state index < -0.39 is 17.6 Å². The lowest BCUT2D eigenvalue weighted by Gasteiger charge is -2.10. The largest absolute Gasteiger partial charge is 0.416 e. The number of aromatic nitrogens is 2. The van der Waals surface area contributed by atoms with Gasteiger partial charge in [0.05, 0.1) is 16.6 Å². The van der Waals surface area contributed by atoms with E-state index in [2.05, 4.69) is 4.98 Å². The van der Waals surface area contributed by atoms with Crippen LogP contribution in [0.2, 0.25) is 0 Å². The normalized spacial score (nSPS) is 12.0. The molecule has 0 aliphatic carbocycles. The Balaban J connectivity index is 2.07. The minimum Gasteiger partial charge on any atom is -0.366 e. The van der Waals surface area contributed by atoms with Gasteiger partial charge in [-0.15, -0.1) is 0 Å². The fourth-order valence-electron chi connectivity index (χ4n) is 3.37. The number of hydrogen-bond donors (Lipinski definition) is 1. The highest BCUT2D eigenvalue weighted by molar-refractivity contribution is 6.18. The molecule has 0 atom stereocenters. The number of benzene rings is 2. The second-order valence-electron chi connectivity index (χ2n) is 6.24. The lowest BCUT2D eigenvalue weighted by atomic mass is 10.0. The summed E-state index contributed by atoms with van der Waals surface area (Å²) in [5.74, 6) is -0.624. The van der Waals surface area contributed by atoms with Crippen LogP contribution in [0, 0.1) is 0 Å². The van der Waals surface area contributed by atoms with Gasteiger partial charge in [-0.3, -0.25) is 9.78 Å². The van der Waals surface area contributed by atoms with E-state index in [0.29, 0.717) is 28.4 Å². The number of fused-ring (bicyclic) bond motifs is 3. The molecule has 7 heteroatoms. The Kier molecular flexibility index (Phi) is 3.87. The topological polar surface area (TPSA) is 60.9 Å². The molecular weight excluding hydrogens is 355 g/mol. The SMILES string of the molecule is NC(=O)c1cccc2c1c1ccc(C(F)(F)F)cc1n2Cc1cccnc1. The number of hydrogen-bond acceptors (Lipinski definition) is 2. The average molecular weight is 369 g/mol. The average Bonchev–Trinajstić information content (AvgIpc) is 2.95. The van der Waals surface area contributed by atoms with Crippen LogP contribution in [0.4, 0.5) is 13.2 Å². The van der Waals surface area contributed by atoms with Crippen molar-refractivity contribution in [1.29, 1.82) is 0 Å². The number of carbonyl (C=O) groups is 1. The summed E-state index contributed by atoms with van der Waals surface area (Å²) < 4.78 is 41.5. The first-order valence-electron chi connectivity index (χ1n) is 8.17. The molecule has 0 spiro atoms. The van der Waals surface area contributed by atoms with E-state index in [4.69, 9.17) is 5.73 Å². The zero-order chi connectivity index (χ0) is 19.2. The summed E-state index contributed by atoms with van der Waals surface area (Å²) >= 11 is 0. The van der Waals surface area contributed by atoms with E-state index in [-0.39, 0.29) is 5.56 Å². The second-order valence-corrected chi connectivity index (χ2v) is 6.24. The molecule has 0 unspecified atom stereocenters. The molecule has 0 saturated carbocycles. The van der Waals surface area contributed by atoms with Crippen LogP contribution in [0.3, 0.4) is 0 Å². The van der Waals surface area contributed by atoms with Crippen molar-refractivity contribution in [1.82, 2.24) is 9.55 Å². The first-order chi connectivity index (χ1) is 12.9. The summed E-state index contributed by atoms with van der Waals surface area (Å²) in [7, 11) is 0. The quantitative estimate of drug-likeness (QED) is 0.583. The molecule has 0 aliphatic heterocycles. The summed E-state index contributed by atoms with van der Waals surface area (Å²) in [6.07, 6.45) is -1.18. The predicted octanol–water partition coefficient (Wildman–Crippen LogP) is 4.36. The maximum absolute atomic E-state index is 13.2. The first kappa shape index (κ1) is 17.1. The summed E-state index contributed by atoms with van der Waals surface area (Å²) in [5, 5.41) is 1.11. The molecule has 0 aliphatic rings. The molecule has 2 aromatic heterocycles. The molecule has 2 heterocycles. The van der Waals surface area contributed by atoms with Gasteiger partial charge in [0.1, 0.15) is 0 Å². The van der Waals surface area contributed by atoms with E-state index in [1.165, 1.54) is 6.07 Å². The summed E-state index contributed by atoms with van der Waals surface area (Å²) in [4.78, 5) is 15.9. The molecule has 4 rings (SSSR count). The minimum absolute atomic E-state index is 0.280. The lowest BCUT2D eigenvalue weighted by molar-refractivity contribution is -0.137. The summed E-state index contributed by atoms with van der Waals surface area (Å²) in [6, 6.07) is 12.2. The molecule has 0 fully saturated rings. The number of halogens is 3. The highest BCUT2D eigenvalue weighted by atomic mass is 19.4. The molecule has 2 N–H and O–H groups in total. The van der Waals surface area contributed by atoms with Crippen LogP contribution in [-0.2, 0) is 12.7 Å². The third-order valence-corrected chi connectivity index (χ3v) is 4.55. The molecule has 136 valence electrons. The molecule has 0 radical (unpaired) electrons. The minimum atomic E-state index is -4.46. The Hall–Kier alpha value is -3.35. The van der Waals surface area contributed by atoms with Gasteiger partial charge in [-0.25, -0.2) is 0 Å². The van der Waals surface area contributed by atoms with Crippen LogP contribution in [-0.4, -0.2) is 15.5 Å². The van der Waals surface area contributed by atoms with Gasteiger partial charge in [0.25, 0.3) is 0 Å². The van der Waals surface area contributed by atoms with E-state index >= 15 is 0 Å². The van der Waals surface area contributed by atoms with Crippen molar-refractivity contribution >= 4 is 27.7 Å². The zero-order valence-corrected chi connectivity index (χ0v) is 14.0. The van der Waals surface area contributed by atoms with Crippen LogP contribution < -0.4 is 5.73 Å². The Bertz CT molecular complexity index is 1160. The first-order valence-corrected chi connectivity index (χ1v) is 8.17. The van der Waals surface area contributed by atoms with Crippen LogP contribution in [0.1, 0.15) is 21.5 Å². The zero-order valence-electron chi connectivity index (χ0n) is 14.0. The van der Waals surface area contributed by atoms with Gasteiger partial charge in [-0.1, -0.05) is 18.2 Å². The van der Waals surface area contributed by atoms with Gasteiger partial charge in [-0.05, 0) is 35.9 Å². The van der Waals surface area contributed by atoms with Gasteiger partial charge in [0, 0.05) is 35.3 Å². The van der Waals surface area contributed by atoms with Crippen molar-refractivity contribution in [2.45, 2.75) is 12.7 Å². The van der Waals surface area contributed by atoms with Gasteiger partial charge >= 0.3 is 6.18 Å². The Labute approximate surface area is 152 Å². The Morgan fingerprint density at radius 3 is 2.56 bits per heavy atom. The van der Waals surface area contributed by atoms with E-state index in [9.17, 15) is 18.0 Å². The maximum atomic E-state index is 13.2. The number of amides is 1. The predicted molar refractivity (Wildman–Crippen MR) is 96.3 cm³/mol. The fraction of sp³-hybridized carbons (Fsp3) is 0.100. The third-order valence-electron chi connectivity index (χ3n) is 4.55. The van der Waals surface area contributed by atoms with Crippen molar-refractivity contribution < 1.29 is 18.0 Å². The smallest absolute Gasteiger partial charge is 0.366 e. The number of primary amides is 1. The van der Waals surface area contributed by atoms with Crippen LogP contribution in [0.5, 0.6) is 0 Å². The molecular formula is C20H14F3N3O. The highest BCUT2D eigenvalue weighted by Gasteiger charge is 2.31. The maximum Gasteiger partial charge on any atom is 0.416 e. The number of rotatable bonds is 3. The monoisotopic (exact) mass is 369 g/mol. The molecule has 0 saturated heterocycles. The van der Waals surface area contributed by atoms with Crippen molar-refractivity contribution in [3.63, 3.8) is 0 Å².